The summed E-state index contributed by atoms with van der Waals surface area (Å²) in [4.78, 5) is 11.3. The minimum atomic E-state index is 0. The van der Waals surface area contributed by atoms with Gasteiger partial charge in [0.1, 0.15) is 11.5 Å². The molecule has 3 N–H and O–H groups in total. The SMILES string of the molecule is Cc1ccc(C(CN=C(N)NCCc2ccccn2)N2CCCC2)o1.I. The summed E-state index contributed by atoms with van der Waals surface area (Å²) >= 11 is 0. The van der Waals surface area contributed by atoms with Crippen LogP contribution in [0.4, 0.5) is 0 Å². The minimum Gasteiger partial charge on any atom is -0.465 e. The first-order valence-corrected chi connectivity index (χ1v) is 8.96. The lowest BCUT2D eigenvalue weighted by atomic mass is 10.2. The fraction of sp³-hybridized carbons (Fsp3) is 0.474. The molecule has 0 radical (unpaired) electrons. The third-order valence-corrected chi connectivity index (χ3v) is 4.52. The van der Waals surface area contributed by atoms with E-state index < -0.39 is 0 Å². The van der Waals surface area contributed by atoms with Crippen LogP contribution >= 0.6 is 24.0 Å². The number of nitrogens with two attached hydrogens (primary N) is 1. The third kappa shape index (κ3) is 5.98. The Kier molecular flexibility index (Phi) is 8.37. The summed E-state index contributed by atoms with van der Waals surface area (Å²) in [7, 11) is 0. The number of aliphatic imine (C=N–C) groups is 1. The fourth-order valence-electron chi connectivity index (χ4n) is 3.18. The van der Waals surface area contributed by atoms with Gasteiger partial charge in [-0.3, -0.25) is 14.9 Å². The van der Waals surface area contributed by atoms with Gasteiger partial charge in [0, 0.05) is 24.9 Å². The molecule has 7 heteroatoms. The van der Waals surface area contributed by atoms with Gasteiger partial charge in [0.25, 0.3) is 0 Å². The number of hydrogen-bond donors (Lipinski definition) is 2. The molecule has 142 valence electrons. The van der Waals surface area contributed by atoms with Gasteiger partial charge in [-0.25, -0.2) is 0 Å². The van der Waals surface area contributed by atoms with Crippen molar-refractivity contribution < 1.29 is 4.42 Å². The molecular formula is C19H28IN5O. The summed E-state index contributed by atoms with van der Waals surface area (Å²) in [5, 5.41) is 3.17. The van der Waals surface area contributed by atoms with Crippen LogP contribution in [0, 0.1) is 6.92 Å². The molecule has 2 aromatic rings. The monoisotopic (exact) mass is 469 g/mol. The summed E-state index contributed by atoms with van der Waals surface area (Å²) in [6.07, 6.45) is 5.10. The molecule has 0 aromatic carbocycles. The van der Waals surface area contributed by atoms with Crippen molar-refractivity contribution >= 4 is 29.9 Å². The second-order valence-electron chi connectivity index (χ2n) is 6.43. The number of aryl methyl sites for hydroxylation is 1. The normalized spacial score (nSPS) is 16.3. The first-order chi connectivity index (χ1) is 12.2. The third-order valence-electron chi connectivity index (χ3n) is 4.52. The number of halogens is 1. The van der Waals surface area contributed by atoms with Gasteiger partial charge in [0.05, 0.1) is 12.6 Å². The van der Waals surface area contributed by atoms with Gasteiger partial charge < -0.3 is 15.5 Å². The maximum Gasteiger partial charge on any atom is 0.188 e. The molecule has 1 saturated heterocycles. The largest absolute Gasteiger partial charge is 0.465 e. The Morgan fingerprint density at radius 2 is 2.12 bits per heavy atom. The lowest BCUT2D eigenvalue weighted by Gasteiger charge is -2.24. The van der Waals surface area contributed by atoms with Crippen molar-refractivity contribution in [1.82, 2.24) is 15.2 Å². The first-order valence-electron chi connectivity index (χ1n) is 8.96. The Morgan fingerprint density at radius 3 is 2.77 bits per heavy atom. The highest BCUT2D eigenvalue weighted by atomic mass is 127. The lowest BCUT2D eigenvalue weighted by molar-refractivity contribution is 0.219. The van der Waals surface area contributed by atoms with Crippen molar-refractivity contribution in [2.45, 2.75) is 32.2 Å². The Bertz CT molecular complexity index is 682. The fourth-order valence-corrected chi connectivity index (χ4v) is 3.18. The van der Waals surface area contributed by atoms with E-state index in [0.717, 1.165) is 43.3 Å². The molecule has 3 rings (SSSR count). The van der Waals surface area contributed by atoms with Gasteiger partial charge in [0.2, 0.25) is 0 Å². The van der Waals surface area contributed by atoms with Gasteiger partial charge >= 0.3 is 0 Å². The van der Waals surface area contributed by atoms with E-state index in [2.05, 4.69) is 26.3 Å². The van der Waals surface area contributed by atoms with Crippen molar-refractivity contribution in [3.05, 3.63) is 53.7 Å². The van der Waals surface area contributed by atoms with Gasteiger partial charge in [-0.1, -0.05) is 6.07 Å². The van der Waals surface area contributed by atoms with Crippen LogP contribution in [0.3, 0.4) is 0 Å². The molecule has 0 bridgehead atoms. The van der Waals surface area contributed by atoms with Gasteiger partial charge in [-0.15, -0.1) is 24.0 Å². The number of furan rings is 1. The van der Waals surface area contributed by atoms with Crippen molar-refractivity contribution in [1.29, 1.82) is 0 Å². The van der Waals surface area contributed by atoms with Crippen LogP contribution < -0.4 is 11.1 Å². The van der Waals surface area contributed by atoms with E-state index in [4.69, 9.17) is 10.2 Å². The molecule has 6 nitrogen and oxygen atoms in total. The second-order valence-corrected chi connectivity index (χ2v) is 6.43. The second kappa shape index (κ2) is 10.5. The Hall–Kier alpha value is -1.61. The van der Waals surface area contributed by atoms with E-state index in [1.54, 1.807) is 6.20 Å². The smallest absolute Gasteiger partial charge is 0.188 e. The summed E-state index contributed by atoms with van der Waals surface area (Å²) in [6.45, 7) is 5.48. The highest BCUT2D eigenvalue weighted by Crippen LogP contribution is 2.26. The number of nitrogens with zero attached hydrogens (tertiary/aromatic N) is 3. The Balaban J connectivity index is 0.00000243. The van der Waals surface area contributed by atoms with Gasteiger partial charge in [0.15, 0.2) is 5.96 Å². The standard InChI is InChI=1S/C19H27N5O.HI/c1-15-7-8-18(25-15)17(24-12-4-5-13-24)14-23-19(20)22-11-9-16-6-2-3-10-21-16;/h2-3,6-8,10,17H,4-5,9,11-14H2,1H3,(H3,20,22,23);1H. The van der Waals surface area contributed by atoms with E-state index in [-0.39, 0.29) is 30.0 Å². The van der Waals surface area contributed by atoms with E-state index in [1.807, 2.05) is 31.2 Å². The maximum atomic E-state index is 6.04. The predicted molar refractivity (Wildman–Crippen MR) is 115 cm³/mol. The zero-order valence-electron chi connectivity index (χ0n) is 15.2. The van der Waals surface area contributed by atoms with Crippen molar-refractivity contribution in [3.8, 4) is 0 Å². The summed E-state index contributed by atoms with van der Waals surface area (Å²) < 4.78 is 5.85. The summed E-state index contributed by atoms with van der Waals surface area (Å²) in [5.74, 6) is 2.39. The molecule has 0 amide bonds. The highest BCUT2D eigenvalue weighted by molar-refractivity contribution is 14.0. The molecule has 0 spiro atoms. The number of pyridine rings is 1. The Labute approximate surface area is 172 Å². The number of likely N-dealkylation sites (tertiary alicyclic amines) is 1. The molecule has 26 heavy (non-hydrogen) atoms. The topological polar surface area (TPSA) is 79.7 Å². The summed E-state index contributed by atoms with van der Waals surface area (Å²) in [5.41, 5.74) is 7.08. The van der Waals surface area contributed by atoms with E-state index in [0.29, 0.717) is 12.5 Å². The van der Waals surface area contributed by atoms with Crippen LogP contribution in [-0.4, -0.2) is 42.0 Å². The van der Waals surface area contributed by atoms with Crippen molar-refractivity contribution in [3.63, 3.8) is 0 Å². The molecule has 1 fully saturated rings. The predicted octanol–water partition coefficient (Wildman–Crippen LogP) is 2.88. The number of rotatable bonds is 7. The molecule has 1 unspecified atom stereocenters. The van der Waals surface area contributed by atoms with E-state index in [1.165, 1.54) is 12.8 Å². The van der Waals surface area contributed by atoms with Gasteiger partial charge in [-0.2, -0.15) is 0 Å². The molecule has 0 aliphatic carbocycles. The molecule has 2 aromatic heterocycles. The molecule has 1 aliphatic heterocycles. The van der Waals surface area contributed by atoms with Crippen LogP contribution in [0.2, 0.25) is 0 Å². The molecular weight excluding hydrogens is 441 g/mol. The van der Waals surface area contributed by atoms with Crippen LogP contribution in [0.15, 0.2) is 45.9 Å². The number of guanidine groups is 1. The van der Waals surface area contributed by atoms with Crippen molar-refractivity contribution in [2.24, 2.45) is 10.7 Å². The first kappa shape index (κ1) is 20.7. The number of aromatic nitrogens is 1. The number of nitrogens with one attached hydrogen (secondary N) is 1. The van der Waals surface area contributed by atoms with Crippen LogP contribution in [0.5, 0.6) is 0 Å². The average Bonchev–Trinajstić information content (AvgIpc) is 3.29. The summed E-state index contributed by atoms with van der Waals surface area (Å²) in [6, 6.07) is 10.1. The molecule has 0 saturated carbocycles. The lowest BCUT2D eigenvalue weighted by Crippen LogP contribution is -2.35. The number of hydrogen-bond acceptors (Lipinski definition) is 4. The minimum absolute atomic E-state index is 0. The zero-order valence-corrected chi connectivity index (χ0v) is 17.6. The highest BCUT2D eigenvalue weighted by Gasteiger charge is 2.25. The Morgan fingerprint density at radius 1 is 1.31 bits per heavy atom. The quantitative estimate of drug-likeness (QED) is 0.371. The van der Waals surface area contributed by atoms with Crippen LogP contribution in [-0.2, 0) is 6.42 Å². The van der Waals surface area contributed by atoms with Gasteiger partial charge in [-0.05, 0) is 57.1 Å². The maximum absolute atomic E-state index is 6.04. The van der Waals surface area contributed by atoms with Crippen molar-refractivity contribution in [2.75, 3.05) is 26.2 Å². The molecule has 1 aliphatic rings. The van der Waals surface area contributed by atoms with E-state index >= 15 is 0 Å². The molecule has 3 heterocycles. The zero-order chi connectivity index (χ0) is 17.5. The van der Waals surface area contributed by atoms with Crippen LogP contribution in [0.1, 0.15) is 36.1 Å². The van der Waals surface area contributed by atoms with E-state index in [9.17, 15) is 0 Å². The average molecular weight is 469 g/mol. The van der Waals surface area contributed by atoms with Crippen LogP contribution in [0.25, 0.3) is 0 Å². The molecule has 1 atom stereocenters.